The summed E-state index contributed by atoms with van der Waals surface area (Å²) < 4.78 is 38.2. The summed E-state index contributed by atoms with van der Waals surface area (Å²) >= 11 is 0.966. The van der Waals surface area contributed by atoms with Crippen molar-refractivity contribution in [2.75, 3.05) is 5.75 Å². The smallest absolute Gasteiger partial charge is 0.454 e. The Hall–Kier alpha value is -1.02. The molecular weight excluding hydrogens is 307 g/mol. The molecule has 4 nitrogen and oxygen atoms in total. The number of alkyl halides is 3. The Morgan fingerprint density at radius 1 is 1.33 bits per heavy atom. The minimum Gasteiger partial charge on any atom is -0.480 e. The normalized spacial score (nSPS) is 22.3. The number of allylic oxidation sites excluding steroid dienone is 2. The van der Waals surface area contributed by atoms with Crippen molar-refractivity contribution in [3.05, 3.63) is 10.5 Å². The number of rotatable bonds is 5. The van der Waals surface area contributed by atoms with Gasteiger partial charge in [-0.2, -0.15) is 13.2 Å². The van der Waals surface area contributed by atoms with Crippen molar-refractivity contribution >= 4 is 23.5 Å². The molecule has 1 unspecified atom stereocenters. The third-order valence-electron chi connectivity index (χ3n) is 4.11. The first-order valence-corrected chi connectivity index (χ1v) is 7.62. The van der Waals surface area contributed by atoms with Gasteiger partial charge in [0.05, 0.1) is 0 Å². The number of ketones is 1. The Labute approximate surface area is 123 Å². The lowest BCUT2D eigenvalue weighted by atomic mass is 9.65. The SMILES string of the molecule is NC(CSC1=C(C(=O)C(F)(F)F)C2(CCCC2)C1)C(=O)O. The summed E-state index contributed by atoms with van der Waals surface area (Å²) in [4.78, 5) is 22.7. The lowest BCUT2D eigenvalue weighted by molar-refractivity contribution is -0.168. The molecule has 1 spiro atoms. The van der Waals surface area contributed by atoms with Crippen LogP contribution in [0.4, 0.5) is 13.2 Å². The van der Waals surface area contributed by atoms with Crippen molar-refractivity contribution in [1.29, 1.82) is 0 Å². The Balaban J connectivity index is 2.19. The van der Waals surface area contributed by atoms with Crippen LogP contribution in [0.1, 0.15) is 32.1 Å². The van der Waals surface area contributed by atoms with Crippen molar-refractivity contribution in [3.8, 4) is 0 Å². The van der Waals surface area contributed by atoms with Gasteiger partial charge in [0.1, 0.15) is 6.04 Å². The fraction of sp³-hybridized carbons (Fsp3) is 0.692. The molecule has 3 N–H and O–H groups in total. The van der Waals surface area contributed by atoms with E-state index in [2.05, 4.69) is 0 Å². The lowest BCUT2D eigenvalue weighted by Gasteiger charge is -2.42. The highest BCUT2D eigenvalue weighted by atomic mass is 32.2. The average Bonchev–Trinajstić information content (AvgIpc) is 2.83. The maximum Gasteiger partial charge on any atom is 0.454 e. The van der Waals surface area contributed by atoms with Crippen LogP contribution in [-0.2, 0) is 9.59 Å². The largest absolute Gasteiger partial charge is 0.480 e. The molecule has 1 saturated carbocycles. The second-order valence-electron chi connectivity index (χ2n) is 5.55. The first-order chi connectivity index (χ1) is 9.67. The first kappa shape index (κ1) is 16.4. The van der Waals surface area contributed by atoms with Gasteiger partial charge in [-0.05, 0) is 24.2 Å². The first-order valence-electron chi connectivity index (χ1n) is 6.64. The van der Waals surface area contributed by atoms with Gasteiger partial charge < -0.3 is 10.8 Å². The number of halogens is 3. The number of thioether (sulfide) groups is 1. The van der Waals surface area contributed by atoms with E-state index in [1.165, 1.54) is 0 Å². The quantitative estimate of drug-likeness (QED) is 0.812. The number of hydrogen-bond donors (Lipinski definition) is 2. The zero-order valence-corrected chi connectivity index (χ0v) is 12.0. The van der Waals surface area contributed by atoms with Crippen LogP contribution in [0.25, 0.3) is 0 Å². The maximum absolute atomic E-state index is 12.7. The summed E-state index contributed by atoms with van der Waals surface area (Å²) in [5.74, 6) is -3.01. The molecular formula is C13H16F3NO3S. The zero-order valence-electron chi connectivity index (χ0n) is 11.2. The Bertz CT molecular complexity index is 495. The minimum atomic E-state index is -4.88. The van der Waals surface area contributed by atoms with Crippen molar-refractivity contribution in [3.63, 3.8) is 0 Å². The van der Waals surface area contributed by atoms with Gasteiger partial charge in [0.2, 0.25) is 0 Å². The lowest BCUT2D eigenvalue weighted by Crippen LogP contribution is -2.41. The number of carboxylic acid groups (broad SMARTS) is 1. The Morgan fingerprint density at radius 2 is 1.90 bits per heavy atom. The van der Waals surface area contributed by atoms with E-state index in [-0.39, 0.29) is 11.3 Å². The van der Waals surface area contributed by atoms with Gasteiger partial charge in [-0.25, -0.2) is 0 Å². The number of nitrogens with two attached hydrogens (primary N) is 1. The van der Waals surface area contributed by atoms with Crippen LogP contribution in [0.2, 0.25) is 0 Å². The average molecular weight is 323 g/mol. The molecule has 0 aliphatic heterocycles. The summed E-state index contributed by atoms with van der Waals surface area (Å²) in [6, 6.07) is -1.15. The number of hydrogen-bond acceptors (Lipinski definition) is 4. The van der Waals surface area contributed by atoms with Gasteiger partial charge in [0.15, 0.2) is 0 Å². The molecule has 0 amide bonds. The molecule has 2 aliphatic carbocycles. The summed E-state index contributed by atoms with van der Waals surface area (Å²) in [6.07, 6.45) is -1.62. The fourth-order valence-corrected chi connectivity index (χ4v) is 4.40. The maximum atomic E-state index is 12.7. The topological polar surface area (TPSA) is 80.4 Å². The molecule has 2 rings (SSSR count). The molecule has 0 saturated heterocycles. The number of aliphatic carboxylic acids is 1. The monoisotopic (exact) mass is 323 g/mol. The summed E-state index contributed by atoms with van der Waals surface area (Å²) in [6.45, 7) is 0. The van der Waals surface area contributed by atoms with E-state index in [9.17, 15) is 22.8 Å². The standard InChI is InChI=1S/C13H16F3NO3S/c14-13(15,16)10(18)9-8(21-6-7(17)11(19)20)5-12(9)3-1-2-4-12/h7H,1-6,17H2,(H,19,20). The summed E-state index contributed by atoms with van der Waals surface area (Å²) in [5, 5.41) is 8.69. The number of carbonyl (C=O) groups is 2. The van der Waals surface area contributed by atoms with Crippen LogP contribution in [0.3, 0.4) is 0 Å². The van der Waals surface area contributed by atoms with Gasteiger partial charge in [-0.15, -0.1) is 11.8 Å². The molecule has 1 atom stereocenters. The van der Waals surface area contributed by atoms with E-state index >= 15 is 0 Å². The highest BCUT2D eigenvalue weighted by Crippen LogP contribution is 2.60. The molecule has 0 heterocycles. The Kier molecular flexibility index (Phi) is 4.39. The van der Waals surface area contributed by atoms with E-state index in [4.69, 9.17) is 10.8 Å². The molecule has 21 heavy (non-hydrogen) atoms. The molecule has 2 aliphatic rings. The third-order valence-corrected chi connectivity index (χ3v) is 5.33. The molecule has 118 valence electrons. The van der Waals surface area contributed by atoms with Gasteiger partial charge in [0.25, 0.3) is 5.78 Å². The number of carboxylic acids is 1. The van der Waals surface area contributed by atoms with Gasteiger partial charge in [-0.3, -0.25) is 9.59 Å². The molecule has 0 bridgehead atoms. The summed E-state index contributed by atoms with van der Waals surface area (Å²) in [5.41, 5.74) is 4.57. The third kappa shape index (κ3) is 3.11. The van der Waals surface area contributed by atoms with Gasteiger partial charge >= 0.3 is 12.1 Å². The molecule has 0 aromatic carbocycles. The predicted molar refractivity (Wildman–Crippen MR) is 71.7 cm³/mol. The second-order valence-corrected chi connectivity index (χ2v) is 6.66. The van der Waals surface area contributed by atoms with Crippen LogP contribution >= 0.6 is 11.8 Å². The van der Waals surface area contributed by atoms with Crippen LogP contribution in [0.5, 0.6) is 0 Å². The van der Waals surface area contributed by atoms with Crippen LogP contribution in [0, 0.1) is 5.41 Å². The molecule has 1 fully saturated rings. The highest BCUT2D eigenvalue weighted by molar-refractivity contribution is 8.03. The van der Waals surface area contributed by atoms with Crippen LogP contribution in [-0.4, -0.2) is 34.8 Å². The van der Waals surface area contributed by atoms with Crippen LogP contribution < -0.4 is 5.73 Å². The minimum absolute atomic E-state index is 0.0324. The summed E-state index contributed by atoms with van der Waals surface area (Å²) in [7, 11) is 0. The van der Waals surface area contributed by atoms with Gasteiger partial charge in [-0.1, -0.05) is 12.8 Å². The number of Topliss-reactive ketones (excluding diaryl/α,β-unsaturated/α-hetero) is 1. The van der Waals surface area contributed by atoms with E-state index in [0.29, 0.717) is 24.2 Å². The second kappa shape index (κ2) is 5.64. The predicted octanol–water partition coefficient (Wildman–Crippen LogP) is 2.48. The number of carbonyl (C=O) groups excluding carboxylic acids is 1. The van der Waals surface area contributed by atoms with Crippen molar-refractivity contribution in [2.24, 2.45) is 11.1 Å². The molecule has 8 heteroatoms. The van der Waals surface area contributed by atoms with E-state index in [0.717, 1.165) is 24.6 Å². The van der Waals surface area contributed by atoms with Gasteiger partial charge in [0, 0.05) is 16.7 Å². The highest BCUT2D eigenvalue weighted by Gasteiger charge is 2.55. The van der Waals surface area contributed by atoms with E-state index in [1.54, 1.807) is 0 Å². The van der Waals surface area contributed by atoms with Crippen molar-refractivity contribution < 1.29 is 27.9 Å². The van der Waals surface area contributed by atoms with E-state index < -0.39 is 29.4 Å². The zero-order chi connectivity index (χ0) is 15.8. The molecule has 0 radical (unpaired) electrons. The molecule has 0 aromatic heterocycles. The Morgan fingerprint density at radius 3 is 2.38 bits per heavy atom. The molecule has 0 aromatic rings. The van der Waals surface area contributed by atoms with Crippen molar-refractivity contribution in [1.82, 2.24) is 0 Å². The fourth-order valence-electron chi connectivity index (χ4n) is 3.05. The van der Waals surface area contributed by atoms with E-state index in [1.807, 2.05) is 0 Å². The van der Waals surface area contributed by atoms with Crippen molar-refractivity contribution in [2.45, 2.75) is 44.3 Å². The van der Waals surface area contributed by atoms with Crippen LogP contribution in [0.15, 0.2) is 10.5 Å².